The van der Waals surface area contributed by atoms with E-state index in [1.54, 1.807) is 37.4 Å². The first-order valence-electron chi connectivity index (χ1n) is 8.03. The van der Waals surface area contributed by atoms with Crippen LogP contribution in [-0.2, 0) is 24.6 Å². The van der Waals surface area contributed by atoms with Gasteiger partial charge in [0.1, 0.15) is 0 Å². The van der Waals surface area contributed by atoms with Crippen molar-refractivity contribution in [1.82, 2.24) is 15.1 Å². The minimum Gasteiger partial charge on any atom is -0.465 e. The maximum atomic E-state index is 12.4. The molecule has 1 aromatic carbocycles. The number of methoxy groups -OCH3 is 1. The number of hydrogen-bond donors (Lipinski definition) is 1. The number of aryl methyl sites for hydroxylation is 2. The van der Waals surface area contributed by atoms with Crippen LogP contribution in [-0.4, -0.2) is 34.8 Å². The Morgan fingerprint density at radius 1 is 1.24 bits per heavy atom. The number of carbonyl (C=O) groups excluding carboxylic acids is 2. The average Bonchev–Trinajstić information content (AvgIpc) is 2.62. The van der Waals surface area contributed by atoms with Crippen LogP contribution in [0.1, 0.15) is 38.4 Å². The second kappa shape index (κ2) is 6.88. The summed E-state index contributed by atoms with van der Waals surface area (Å²) in [7, 11) is 2.94. The maximum Gasteiger partial charge on any atom is 0.337 e. The van der Waals surface area contributed by atoms with Gasteiger partial charge in [-0.1, -0.05) is 0 Å². The van der Waals surface area contributed by atoms with E-state index in [0.29, 0.717) is 17.5 Å². The van der Waals surface area contributed by atoms with Gasteiger partial charge >= 0.3 is 5.97 Å². The van der Waals surface area contributed by atoms with Crippen molar-refractivity contribution in [2.24, 2.45) is 7.05 Å². The van der Waals surface area contributed by atoms with Crippen molar-refractivity contribution < 1.29 is 14.3 Å². The highest BCUT2D eigenvalue weighted by Gasteiger charge is 2.22. The third kappa shape index (κ3) is 3.60. The summed E-state index contributed by atoms with van der Waals surface area (Å²) in [6.07, 6.45) is 2.07. The van der Waals surface area contributed by atoms with E-state index in [4.69, 9.17) is 0 Å². The zero-order valence-electron chi connectivity index (χ0n) is 14.1. The smallest absolute Gasteiger partial charge is 0.337 e. The molecule has 0 fully saturated rings. The first kappa shape index (κ1) is 16.9. The number of amides is 1. The predicted octanol–water partition coefficient (Wildman–Crippen LogP) is 0.854. The summed E-state index contributed by atoms with van der Waals surface area (Å²) in [5.74, 6) is -0.647. The van der Waals surface area contributed by atoms with Crippen molar-refractivity contribution >= 4 is 11.9 Å². The van der Waals surface area contributed by atoms with Crippen molar-refractivity contribution in [3.63, 3.8) is 0 Å². The lowest BCUT2D eigenvalue weighted by Crippen LogP contribution is -2.40. The summed E-state index contributed by atoms with van der Waals surface area (Å²) >= 11 is 0. The van der Waals surface area contributed by atoms with Gasteiger partial charge in [0.15, 0.2) is 0 Å². The molecular formula is C18H19N3O4. The molecule has 130 valence electrons. The lowest BCUT2D eigenvalue weighted by atomic mass is 9.92. The van der Waals surface area contributed by atoms with Crippen LogP contribution in [0.25, 0.3) is 0 Å². The van der Waals surface area contributed by atoms with E-state index in [9.17, 15) is 14.4 Å². The quantitative estimate of drug-likeness (QED) is 0.836. The van der Waals surface area contributed by atoms with E-state index in [2.05, 4.69) is 15.2 Å². The van der Waals surface area contributed by atoms with Crippen molar-refractivity contribution in [2.75, 3.05) is 7.11 Å². The Kier molecular flexibility index (Phi) is 4.65. The molecule has 0 saturated carbocycles. The summed E-state index contributed by atoms with van der Waals surface area (Å²) < 4.78 is 5.97. The molecule has 1 heterocycles. The fourth-order valence-corrected chi connectivity index (χ4v) is 2.95. The normalized spacial score (nSPS) is 16.0. The first-order chi connectivity index (χ1) is 12.0. The van der Waals surface area contributed by atoms with Crippen molar-refractivity contribution in [1.29, 1.82) is 0 Å². The van der Waals surface area contributed by atoms with Crippen LogP contribution in [0.4, 0.5) is 0 Å². The van der Waals surface area contributed by atoms with Crippen LogP contribution < -0.4 is 10.9 Å². The van der Waals surface area contributed by atoms with Gasteiger partial charge in [-0.3, -0.25) is 9.59 Å². The Bertz CT molecular complexity index is 871. The van der Waals surface area contributed by atoms with Gasteiger partial charge in [-0.05, 0) is 49.1 Å². The topological polar surface area (TPSA) is 90.3 Å². The molecule has 1 aliphatic rings. The highest BCUT2D eigenvalue weighted by molar-refractivity contribution is 5.96. The second-order valence-corrected chi connectivity index (χ2v) is 6.06. The van der Waals surface area contributed by atoms with E-state index >= 15 is 0 Å². The molecule has 0 saturated heterocycles. The molecule has 1 amide bonds. The fourth-order valence-electron chi connectivity index (χ4n) is 2.95. The van der Waals surface area contributed by atoms with Gasteiger partial charge in [0.2, 0.25) is 0 Å². The van der Waals surface area contributed by atoms with Crippen LogP contribution in [0.5, 0.6) is 0 Å². The van der Waals surface area contributed by atoms with E-state index < -0.39 is 5.97 Å². The molecule has 1 aliphatic carbocycles. The molecule has 1 aromatic heterocycles. The number of nitrogens with zero attached hydrogens (tertiary/aromatic N) is 2. The highest BCUT2D eigenvalue weighted by atomic mass is 16.5. The SMILES string of the molecule is COC(=O)c1ccc(C(=O)NC2CCc3nn(C)c(=O)cc3C2)cc1. The van der Waals surface area contributed by atoms with Crippen LogP contribution in [0.2, 0.25) is 0 Å². The van der Waals surface area contributed by atoms with Gasteiger partial charge in [0, 0.05) is 24.7 Å². The Labute approximate surface area is 144 Å². The van der Waals surface area contributed by atoms with Gasteiger partial charge < -0.3 is 10.1 Å². The van der Waals surface area contributed by atoms with Crippen LogP contribution >= 0.6 is 0 Å². The number of hydrogen-bond acceptors (Lipinski definition) is 5. The molecular weight excluding hydrogens is 322 g/mol. The van der Waals surface area contributed by atoms with Crippen molar-refractivity contribution in [3.8, 4) is 0 Å². The number of nitrogens with one attached hydrogen (secondary N) is 1. The van der Waals surface area contributed by atoms with E-state index in [1.165, 1.54) is 11.8 Å². The lowest BCUT2D eigenvalue weighted by Gasteiger charge is -2.24. The second-order valence-electron chi connectivity index (χ2n) is 6.06. The van der Waals surface area contributed by atoms with Gasteiger partial charge in [-0.25, -0.2) is 9.48 Å². The largest absolute Gasteiger partial charge is 0.465 e. The van der Waals surface area contributed by atoms with E-state index in [-0.39, 0.29) is 17.5 Å². The summed E-state index contributed by atoms with van der Waals surface area (Å²) in [4.78, 5) is 35.5. The number of aromatic nitrogens is 2. The van der Waals surface area contributed by atoms with Crippen LogP contribution in [0, 0.1) is 0 Å². The number of rotatable bonds is 3. The molecule has 1 atom stereocenters. The fraction of sp³-hybridized carbons (Fsp3) is 0.333. The monoisotopic (exact) mass is 341 g/mol. The number of esters is 1. The minimum atomic E-state index is -0.440. The number of ether oxygens (including phenoxy) is 1. The summed E-state index contributed by atoms with van der Waals surface area (Å²) in [5, 5.41) is 7.25. The molecule has 25 heavy (non-hydrogen) atoms. The predicted molar refractivity (Wildman–Crippen MR) is 90.5 cm³/mol. The molecule has 7 nitrogen and oxygen atoms in total. The number of carbonyl (C=O) groups is 2. The highest BCUT2D eigenvalue weighted by Crippen LogP contribution is 2.18. The molecule has 1 unspecified atom stereocenters. The van der Waals surface area contributed by atoms with Gasteiger partial charge in [0.05, 0.1) is 18.4 Å². The number of fused-ring (bicyclic) bond motifs is 1. The zero-order chi connectivity index (χ0) is 18.0. The summed E-state index contributed by atoms with van der Waals surface area (Å²) in [5.41, 5.74) is 2.52. The van der Waals surface area contributed by atoms with Crippen LogP contribution in [0.3, 0.4) is 0 Å². The van der Waals surface area contributed by atoms with Crippen LogP contribution in [0.15, 0.2) is 35.1 Å². The first-order valence-corrected chi connectivity index (χ1v) is 8.03. The molecule has 0 spiro atoms. The molecule has 7 heteroatoms. The van der Waals surface area contributed by atoms with E-state index in [0.717, 1.165) is 24.1 Å². The molecule has 2 aromatic rings. The molecule has 1 N–H and O–H groups in total. The summed E-state index contributed by atoms with van der Waals surface area (Å²) in [6.45, 7) is 0. The Morgan fingerprint density at radius 2 is 1.92 bits per heavy atom. The van der Waals surface area contributed by atoms with Crippen molar-refractivity contribution in [3.05, 3.63) is 63.1 Å². The van der Waals surface area contributed by atoms with Gasteiger partial charge in [-0.15, -0.1) is 0 Å². The molecule has 0 bridgehead atoms. The molecule has 0 aliphatic heterocycles. The Balaban J connectivity index is 1.68. The Hall–Kier alpha value is -2.96. The van der Waals surface area contributed by atoms with E-state index in [1.807, 2.05) is 0 Å². The minimum absolute atomic E-state index is 0.0470. The van der Waals surface area contributed by atoms with Gasteiger partial charge in [-0.2, -0.15) is 5.10 Å². The molecule has 3 rings (SSSR count). The van der Waals surface area contributed by atoms with Gasteiger partial charge in [0.25, 0.3) is 11.5 Å². The third-order valence-corrected chi connectivity index (χ3v) is 4.36. The Morgan fingerprint density at radius 3 is 2.60 bits per heavy atom. The standard InChI is InChI=1S/C18H19N3O4/c1-21-16(22)10-13-9-14(7-8-15(13)20-21)19-17(23)11-3-5-12(6-4-11)18(24)25-2/h3-6,10,14H,7-9H2,1-2H3,(H,19,23). The lowest BCUT2D eigenvalue weighted by molar-refractivity contribution is 0.0600. The third-order valence-electron chi connectivity index (χ3n) is 4.36. The average molecular weight is 341 g/mol. The number of benzene rings is 1. The maximum absolute atomic E-state index is 12.4. The zero-order valence-corrected chi connectivity index (χ0v) is 14.1. The molecule has 0 radical (unpaired) electrons. The summed E-state index contributed by atoms with van der Waals surface area (Å²) in [6, 6.07) is 7.85. The van der Waals surface area contributed by atoms with Crippen molar-refractivity contribution in [2.45, 2.75) is 25.3 Å².